The summed E-state index contributed by atoms with van der Waals surface area (Å²) in [7, 11) is 0. The molecule has 132 valence electrons. The van der Waals surface area contributed by atoms with Gasteiger partial charge in [0, 0.05) is 16.3 Å². The van der Waals surface area contributed by atoms with Crippen LogP contribution < -0.4 is 5.32 Å². The maximum Gasteiger partial charge on any atom is 0.340 e. The highest BCUT2D eigenvalue weighted by Crippen LogP contribution is 2.30. The Morgan fingerprint density at radius 2 is 2.00 bits per heavy atom. The van der Waals surface area contributed by atoms with E-state index in [1.165, 1.54) is 23.1 Å². The molecule has 1 N–H and O–H groups in total. The van der Waals surface area contributed by atoms with Gasteiger partial charge in [0.05, 0.1) is 11.3 Å². The van der Waals surface area contributed by atoms with Gasteiger partial charge in [0.2, 0.25) is 0 Å². The summed E-state index contributed by atoms with van der Waals surface area (Å²) >= 11 is 1.53. The zero-order valence-electron chi connectivity index (χ0n) is 13.6. The van der Waals surface area contributed by atoms with Gasteiger partial charge in [-0.25, -0.2) is 13.6 Å². The van der Waals surface area contributed by atoms with Crippen LogP contribution in [-0.4, -0.2) is 18.0 Å². The zero-order valence-corrected chi connectivity index (χ0v) is 14.4. The Labute approximate surface area is 147 Å². The fourth-order valence-electron chi connectivity index (χ4n) is 2.77. The first kappa shape index (κ1) is 17.5. The van der Waals surface area contributed by atoms with Crippen molar-refractivity contribution in [2.24, 2.45) is 0 Å². The molecule has 1 aliphatic carbocycles. The van der Waals surface area contributed by atoms with Crippen molar-refractivity contribution in [1.82, 2.24) is 0 Å². The molecule has 0 radical (unpaired) electrons. The molecule has 1 atom stereocenters. The summed E-state index contributed by atoms with van der Waals surface area (Å²) in [6.07, 6.45) is 2.80. The number of amides is 1. The molecular weight excluding hydrogens is 348 g/mol. The van der Waals surface area contributed by atoms with Gasteiger partial charge in [-0.05, 0) is 50.3 Å². The summed E-state index contributed by atoms with van der Waals surface area (Å²) in [5.41, 5.74) is 1.21. The number of halogens is 2. The van der Waals surface area contributed by atoms with Crippen LogP contribution >= 0.6 is 11.3 Å². The molecular formula is C18H17F2NO3S. The molecule has 0 unspecified atom stereocenters. The number of esters is 1. The molecule has 4 nitrogen and oxygen atoms in total. The van der Waals surface area contributed by atoms with Crippen molar-refractivity contribution in [1.29, 1.82) is 0 Å². The summed E-state index contributed by atoms with van der Waals surface area (Å²) < 4.78 is 31.9. The third-order valence-corrected chi connectivity index (χ3v) is 5.21. The van der Waals surface area contributed by atoms with Crippen molar-refractivity contribution < 1.29 is 23.1 Å². The first-order valence-corrected chi connectivity index (χ1v) is 8.90. The molecule has 0 saturated heterocycles. The van der Waals surface area contributed by atoms with Gasteiger partial charge in [0.25, 0.3) is 5.91 Å². The normalized spacial score (nSPS) is 14.5. The molecule has 0 spiro atoms. The molecule has 25 heavy (non-hydrogen) atoms. The third kappa shape index (κ3) is 3.87. The van der Waals surface area contributed by atoms with Crippen molar-refractivity contribution >= 4 is 28.9 Å². The number of thiophene rings is 1. The van der Waals surface area contributed by atoms with Crippen LogP contribution in [-0.2, 0) is 22.4 Å². The van der Waals surface area contributed by atoms with Gasteiger partial charge in [-0.15, -0.1) is 11.3 Å². The molecule has 0 saturated carbocycles. The zero-order chi connectivity index (χ0) is 18.0. The van der Waals surface area contributed by atoms with E-state index in [2.05, 4.69) is 5.32 Å². The largest absolute Gasteiger partial charge is 0.449 e. The Bertz CT molecular complexity index is 819. The van der Waals surface area contributed by atoms with E-state index in [4.69, 9.17) is 4.74 Å². The van der Waals surface area contributed by atoms with E-state index in [0.717, 1.165) is 49.4 Å². The second-order valence-corrected chi connectivity index (χ2v) is 6.88. The number of benzene rings is 1. The third-order valence-electron chi connectivity index (χ3n) is 4.12. The van der Waals surface area contributed by atoms with Crippen LogP contribution in [0.3, 0.4) is 0 Å². The SMILES string of the molecule is C[C@H](OC(=O)c1csc2c1CCCC2)C(=O)Nc1cc(F)ccc1F. The Morgan fingerprint density at radius 1 is 1.24 bits per heavy atom. The number of carbonyl (C=O) groups is 2. The number of nitrogens with one attached hydrogen (secondary N) is 1. The van der Waals surface area contributed by atoms with E-state index >= 15 is 0 Å². The number of ether oxygens (including phenoxy) is 1. The smallest absolute Gasteiger partial charge is 0.340 e. The van der Waals surface area contributed by atoms with Gasteiger partial charge in [-0.2, -0.15) is 0 Å². The van der Waals surface area contributed by atoms with Crippen LogP contribution in [0.25, 0.3) is 0 Å². The Balaban J connectivity index is 1.66. The lowest BCUT2D eigenvalue weighted by Crippen LogP contribution is -2.30. The maximum atomic E-state index is 13.6. The summed E-state index contributed by atoms with van der Waals surface area (Å²) in [6.45, 7) is 1.39. The summed E-state index contributed by atoms with van der Waals surface area (Å²) in [5, 5.41) is 3.99. The first-order chi connectivity index (χ1) is 12.0. The van der Waals surface area contributed by atoms with Crippen LogP contribution in [0, 0.1) is 11.6 Å². The number of carbonyl (C=O) groups excluding carboxylic acids is 2. The van der Waals surface area contributed by atoms with E-state index in [-0.39, 0.29) is 5.69 Å². The minimum atomic E-state index is -1.13. The summed E-state index contributed by atoms with van der Waals surface area (Å²) in [6, 6.07) is 2.74. The van der Waals surface area contributed by atoms with E-state index < -0.39 is 29.6 Å². The Kier molecular flexibility index (Phi) is 5.13. The fraction of sp³-hybridized carbons (Fsp3) is 0.333. The predicted octanol–water partition coefficient (Wildman–Crippen LogP) is 4.09. The molecule has 1 aromatic heterocycles. The Hall–Kier alpha value is -2.28. The van der Waals surface area contributed by atoms with Crippen LogP contribution in [0.4, 0.5) is 14.5 Å². The number of rotatable bonds is 4. The molecule has 3 rings (SSSR count). The number of hydrogen-bond acceptors (Lipinski definition) is 4. The molecule has 0 aliphatic heterocycles. The minimum absolute atomic E-state index is 0.291. The number of aryl methyl sites for hydroxylation is 1. The quantitative estimate of drug-likeness (QED) is 0.831. The van der Waals surface area contributed by atoms with Crippen LogP contribution in [0.1, 0.15) is 40.6 Å². The second-order valence-electron chi connectivity index (χ2n) is 5.92. The number of fused-ring (bicyclic) bond motifs is 1. The van der Waals surface area contributed by atoms with Crippen molar-refractivity contribution in [3.63, 3.8) is 0 Å². The predicted molar refractivity (Wildman–Crippen MR) is 90.8 cm³/mol. The van der Waals surface area contributed by atoms with Gasteiger partial charge in [-0.3, -0.25) is 4.79 Å². The number of anilines is 1. The van der Waals surface area contributed by atoms with Crippen molar-refractivity contribution in [3.05, 3.63) is 51.2 Å². The highest BCUT2D eigenvalue weighted by Gasteiger charge is 2.25. The van der Waals surface area contributed by atoms with Gasteiger partial charge >= 0.3 is 5.97 Å². The van der Waals surface area contributed by atoms with E-state index in [9.17, 15) is 18.4 Å². The maximum absolute atomic E-state index is 13.6. The molecule has 7 heteroatoms. The molecule has 0 bridgehead atoms. The van der Waals surface area contributed by atoms with Gasteiger partial charge in [-0.1, -0.05) is 0 Å². The molecule has 2 aromatic rings. The highest BCUT2D eigenvalue weighted by molar-refractivity contribution is 7.10. The average Bonchev–Trinajstić information content (AvgIpc) is 3.02. The average molecular weight is 365 g/mol. The topological polar surface area (TPSA) is 55.4 Å². The Morgan fingerprint density at radius 3 is 2.80 bits per heavy atom. The second kappa shape index (κ2) is 7.31. The van der Waals surface area contributed by atoms with Crippen molar-refractivity contribution in [3.8, 4) is 0 Å². The lowest BCUT2D eigenvalue weighted by atomic mass is 9.96. The van der Waals surface area contributed by atoms with E-state index in [1.807, 2.05) is 0 Å². The molecule has 1 heterocycles. The first-order valence-electron chi connectivity index (χ1n) is 8.02. The molecule has 1 aliphatic rings. The summed E-state index contributed by atoms with van der Waals surface area (Å²) in [5.74, 6) is -2.73. The van der Waals surface area contributed by atoms with Gasteiger partial charge in [0.15, 0.2) is 6.10 Å². The lowest BCUT2D eigenvalue weighted by Gasteiger charge is -2.15. The van der Waals surface area contributed by atoms with Crippen LogP contribution in [0.2, 0.25) is 0 Å². The van der Waals surface area contributed by atoms with Gasteiger partial charge < -0.3 is 10.1 Å². The summed E-state index contributed by atoms with van der Waals surface area (Å²) in [4.78, 5) is 25.6. The lowest BCUT2D eigenvalue weighted by molar-refractivity contribution is -0.123. The van der Waals surface area contributed by atoms with Gasteiger partial charge in [0.1, 0.15) is 11.6 Å². The fourth-order valence-corrected chi connectivity index (χ4v) is 3.89. The monoisotopic (exact) mass is 365 g/mol. The van der Waals surface area contributed by atoms with Crippen LogP contribution in [0.5, 0.6) is 0 Å². The minimum Gasteiger partial charge on any atom is -0.449 e. The van der Waals surface area contributed by atoms with Crippen molar-refractivity contribution in [2.75, 3.05) is 5.32 Å². The highest BCUT2D eigenvalue weighted by atomic mass is 32.1. The standard InChI is InChI=1S/C18H17F2NO3S/c1-10(17(22)21-15-8-11(19)6-7-14(15)20)24-18(23)13-9-25-16-5-3-2-4-12(13)16/h6-10H,2-5H2,1H3,(H,21,22)/t10-/m0/s1. The molecule has 0 fully saturated rings. The van der Waals surface area contributed by atoms with Crippen molar-refractivity contribution in [2.45, 2.75) is 38.7 Å². The molecule has 1 aromatic carbocycles. The molecule has 1 amide bonds. The van der Waals surface area contributed by atoms with Crippen LogP contribution in [0.15, 0.2) is 23.6 Å². The number of hydrogen-bond donors (Lipinski definition) is 1. The van der Waals surface area contributed by atoms with E-state index in [1.54, 1.807) is 5.38 Å². The van der Waals surface area contributed by atoms with E-state index in [0.29, 0.717) is 5.56 Å².